The SMILES string of the molecule is CC/C=C\C/C=C\C/C=C\C/C=C\C/C=C\C/C=C\C/C=C\C/C=C\C/C=C\C/C=C\C/C=C\C/C=C\CCCCCCC(=O)OC(CO)COC(=O)CCCCCCCCCCCCCCCCCCCCC/C=C\C/C=C\C/C=C\C/C=C\C/C=C\C/C=C\C/C=C\CC. The van der Waals surface area contributed by atoms with Gasteiger partial charge in [-0.2, -0.15) is 0 Å². The molecule has 96 heavy (non-hydrogen) atoms. The molecule has 0 heterocycles. The van der Waals surface area contributed by atoms with Crippen LogP contribution in [0.25, 0.3) is 0 Å². The minimum atomic E-state index is -0.803. The van der Waals surface area contributed by atoms with Crippen LogP contribution < -0.4 is 0 Å². The molecule has 0 radical (unpaired) electrons. The minimum absolute atomic E-state index is 0.0874. The highest BCUT2D eigenvalue weighted by molar-refractivity contribution is 5.70. The molecular formula is C91H142O5. The van der Waals surface area contributed by atoms with Crippen LogP contribution in [-0.2, 0) is 19.1 Å². The lowest BCUT2D eigenvalue weighted by molar-refractivity contribution is -0.161. The number of ether oxygens (including phenoxy) is 2. The maximum absolute atomic E-state index is 12.4. The van der Waals surface area contributed by atoms with E-state index in [2.05, 4.69) is 245 Å². The number of hydrogen-bond donors (Lipinski definition) is 1. The van der Waals surface area contributed by atoms with Crippen molar-refractivity contribution >= 4 is 11.9 Å². The first-order valence-corrected chi connectivity index (χ1v) is 38.9. The number of esters is 2. The Morgan fingerprint density at radius 3 is 0.625 bits per heavy atom. The molecule has 0 fully saturated rings. The van der Waals surface area contributed by atoms with E-state index in [-0.39, 0.29) is 25.2 Å². The fourth-order valence-electron chi connectivity index (χ4n) is 10.2. The Morgan fingerprint density at radius 1 is 0.240 bits per heavy atom. The summed E-state index contributed by atoms with van der Waals surface area (Å²) >= 11 is 0. The van der Waals surface area contributed by atoms with Crippen molar-refractivity contribution in [2.45, 2.75) is 315 Å². The number of carbonyl (C=O) groups is 2. The molecule has 5 heteroatoms. The van der Waals surface area contributed by atoms with Gasteiger partial charge in [-0.05, 0) is 161 Å². The third-order valence-electron chi connectivity index (χ3n) is 16.0. The molecule has 1 atom stereocenters. The van der Waals surface area contributed by atoms with Crippen molar-refractivity contribution in [2.75, 3.05) is 13.2 Å². The molecule has 0 aliphatic rings. The van der Waals surface area contributed by atoms with Gasteiger partial charge in [0.1, 0.15) is 6.61 Å². The first-order chi connectivity index (χ1) is 47.6. The summed E-state index contributed by atoms with van der Waals surface area (Å²) < 4.78 is 10.8. The van der Waals surface area contributed by atoms with E-state index in [0.29, 0.717) is 12.8 Å². The van der Waals surface area contributed by atoms with Crippen molar-refractivity contribution in [3.05, 3.63) is 231 Å². The van der Waals surface area contributed by atoms with E-state index in [1.54, 1.807) is 0 Å². The van der Waals surface area contributed by atoms with Crippen molar-refractivity contribution in [1.29, 1.82) is 0 Å². The molecule has 1 unspecified atom stereocenters. The number of carbonyl (C=O) groups excluding carboxylic acids is 2. The maximum atomic E-state index is 12.4. The van der Waals surface area contributed by atoms with E-state index in [1.807, 2.05) is 0 Å². The lowest BCUT2D eigenvalue weighted by atomic mass is 10.0. The highest BCUT2D eigenvalue weighted by Gasteiger charge is 2.16. The zero-order valence-corrected chi connectivity index (χ0v) is 61.5. The Kier molecular flexibility index (Phi) is 78.0. The van der Waals surface area contributed by atoms with E-state index in [1.165, 1.54) is 109 Å². The number of rotatable bonds is 69. The maximum Gasteiger partial charge on any atom is 0.306 e. The standard InChI is InChI=1S/C91H142O5/c1-3-5-7-9-11-13-15-17-19-21-23-25-27-29-31-33-35-37-39-41-43-45-47-49-51-53-55-57-59-61-63-65-67-69-71-73-75-77-79-81-83-85-90(93)95-88-89(87-92)96-91(94)86-84-82-80-78-76-74-72-70-68-66-64-62-60-58-56-54-52-50-48-46-44-42-40-38-36-34-32-30-28-26-24-22-20-18-16-14-12-10-8-6-4-2/h5-8,11-14,17-20,23-26,29-32,35-38,41-44,48,50,54,56,60,62,66,68,72,74,89,92H,3-4,9-10,15-16,21-22,27-28,33-34,39-40,45-47,49,51-53,55,57-59,61,63-65,67,69-71,73,75-88H2,1-2H3/b7-5-,8-6-,13-11-,14-12-,19-17-,20-18-,25-23-,26-24-,31-29-,32-30-,37-35-,38-36-,43-41-,44-42-,50-48-,56-54-,62-60-,68-66-,74-72-. The van der Waals surface area contributed by atoms with E-state index in [0.717, 1.165) is 173 Å². The van der Waals surface area contributed by atoms with Gasteiger partial charge in [0, 0.05) is 12.8 Å². The van der Waals surface area contributed by atoms with E-state index < -0.39 is 6.10 Å². The van der Waals surface area contributed by atoms with Crippen molar-refractivity contribution in [2.24, 2.45) is 0 Å². The molecule has 0 amide bonds. The van der Waals surface area contributed by atoms with Gasteiger partial charge in [-0.3, -0.25) is 9.59 Å². The minimum Gasteiger partial charge on any atom is -0.462 e. The summed E-state index contributed by atoms with van der Waals surface area (Å²) in [5, 5.41) is 9.72. The first kappa shape index (κ1) is 90.0. The molecule has 0 bridgehead atoms. The molecule has 536 valence electrons. The second-order valence-corrected chi connectivity index (χ2v) is 25.0. The summed E-state index contributed by atoms with van der Waals surface area (Å²) in [6.45, 7) is 3.89. The lowest BCUT2D eigenvalue weighted by Gasteiger charge is -2.15. The topological polar surface area (TPSA) is 72.8 Å². The highest BCUT2D eigenvalue weighted by atomic mass is 16.6. The average molecular weight is 1320 g/mol. The molecule has 0 aliphatic heterocycles. The Labute approximate surface area is 592 Å². The Bertz CT molecular complexity index is 2290. The largest absolute Gasteiger partial charge is 0.462 e. The van der Waals surface area contributed by atoms with Gasteiger partial charge in [-0.1, -0.05) is 367 Å². The highest BCUT2D eigenvalue weighted by Crippen LogP contribution is 2.17. The van der Waals surface area contributed by atoms with Crippen LogP contribution in [-0.4, -0.2) is 36.4 Å². The third-order valence-corrected chi connectivity index (χ3v) is 16.0. The smallest absolute Gasteiger partial charge is 0.306 e. The first-order valence-electron chi connectivity index (χ1n) is 38.9. The zero-order valence-electron chi connectivity index (χ0n) is 61.5. The van der Waals surface area contributed by atoms with Gasteiger partial charge in [0.25, 0.3) is 0 Å². The van der Waals surface area contributed by atoms with E-state index in [4.69, 9.17) is 9.47 Å². The second-order valence-electron chi connectivity index (χ2n) is 25.0. The van der Waals surface area contributed by atoms with Crippen LogP contribution in [0.5, 0.6) is 0 Å². The van der Waals surface area contributed by atoms with Gasteiger partial charge in [0.15, 0.2) is 6.10 Å². The predicted molar refractivity (Wildman–Crippen MR) is 425 cm³/mol. The molecule has 1 N–H and O–H groups in total. The molecule has 0 aromatic rings. The molecule has 0 saturated heterocycles. The van der Waals surface area contributed by atoms with Crippen molar-refractivity contribution in [1.82, 2.24) is 0 Å². The summed E-state index contributed by atoms with van der Waals surface area (Å²) in [5.41, 5.74) is 0. The van der Waals surface area contributed by atoms with Gasteiger partial charge in [0.2, 0.25) is 0 Å². The monoisotopic (exact) mass is 1320 g/mol. The van der Waals surface area contributed by atoms with Crippen LogP contribution in [0.2, 0.25) is 0 Å². The van der Waals surface area contributed by atoms with Gasteiger partial charge in [-0.25, -0.2) is 0 Å². The lowest BCUT2D eigenvalue weighted by Crippen LogP contribution is -2.28. The van der Waals surface area contributed by atoms with E-state index >= 15 is 0 Å². The summed E-state index contributed by atoms with van der Waals surface area (Å²) in [4.78, 5) is 24.7. The Hall–Kier alpha value is -6.04. The summed E-state index contributed by atoms with van der Waals surface area (Å²) in [6.07, 6.45) is 135. The van der Waals surface area contributed by atoms with Gasteiger partial charge in [-0.15, -0.1) is 0 Å². The molecule has 0 aromatic heterocycles. The van der Waals surface area contributed by atoms with Crippen LogP contribution in [0.4, 0.5) is 0 Å². The zero-order chi connectivity index (χ0) is 69.0. The molecule has 0 saturated carbocycles. The summed E-state index contributed by atoms with van der Waals surface area (Å²) in [6, 6.07) is 0. The number of hydrogen-bond acceptors (Lipinski definition) is 5. The van der Waals surface area contributed by atoms with Gasteiger partial charge >= 0.3 is 11.9 Å². The Balaban J connectivity index is 3.59. The van der Waals surface area contributed by atoms with Crippen LogP contribution in [0.3, 0.4) is 0 Å². The Morgan fingerprint density at radius 2 is 0.417 bits per heavy atom. The van der Waals surface area contributed by atoms with Crippen molar-refractivity contribution in [3.63, 3.8) is 0 Å². The number of allylic oxidation sites excluding steroid dienone is 38. The predicted octanol–water partition coefficient (Wildman–Crippen LogP) is 28.0. The molecule has 0 aliphatic carbocycles. The van der Waals surface area contributed by atoms with Crippen LogP contribution in [0, 0.1) is 0 Å². The average Bonchev–Trinajstić information content (AvgIpc) is 3.79. The van der Waals surface area contributed by atoms with Crippen LogP contribution in [0.15, 0.2) is 231 Å². The van der Waals surface area contributed by atoms with Gasteiger partial charge < -0.3 is 14.6 Å². The van der Waals surface area contributed by atoms with E-state index in [9.17, 15) is 14.7 Å². The van der Waals surface area contributed by atoms with Crippen LogP contribution in [0.1, 0.15) is 309 Å². The number of aliphatic hydroxyl groups is 1. The summed E-state index contributed by atoms with van der Waals surface area (Å²) in [5.74, 6) is -0.626. The fraction of sp³-hybridized carbons (Fsp3) is 0.560. The van der Waals surface area contributed by atoms with Crippen molar-refractivity contribution in [3.8, 4) is 0 Å². The molecular weight excluding hydrogens is 1170 g/mol. The fourth-order valence-corrected chi connectivity index (χ4v) is 10.2. The molecule has 0 spiro atoms. The summed E-state index contributed by atoms with van der Waals surface area (Å²) in [7, 11) is 0. The van der Waals surface area contributed by atoms with Crippen LogP contribution >= 0.6 is 0 Å². The molecule has 0 aromatic carbocycles. The number of aliphatic hydroxyl groups excluding tert-OH is 1. The van der Waals surface area contributed by atoms with Gasteiger partial charge in [0.05, 0.1) is 6.61 Å². The molecule has 0 rings (SSSR count). The second kappa shape index (κ2) is 83.2. The van der Waals surface area contributed by atoms with Crippen molar-refractivity contribution < 1.29 is 24.2 Å². The third kappa shape index (κ3) is 80.4. The normalized spacial score (nSPS) is 13.6. The molecule has 5 nitrogen and oxygen atoms in total. The number of unbranched alkanes of at least 4 members (excludes halogenated alkanes) is 23. The quantitative estimate of drug-likeness (QED) is 0.0373.